The molecule has 0 saturated carbocycles. The van der Waals surface area contributed by atoms with Gasteiger partial charge in [-0.15, -0.1) is 0 Å². The predicted molar refractivity (Wildman–Crippen MR) is 151 cm³/mol. The fourth-order valence-electron chi connectivity index (χ4n) is 3.69. The Balaban J connectivity index is 1.85. The van der Waals surface area contributed by atoms with Gasteiger partial charge in [0, 0.05) is 42.3 Å². The first-order valence-corrected chi connectivity index (χ1v) is 12.3. The van der Waals surface area contributed by atoms with Crippen molar-refractivity contribution in [3.8, 4) is 0 Å². The Bertz CT molecular complexity index is 1140. The molecule has 3 aliphatic rings. The first-order chi connectivity index (χ1) is 17.1. The Morgan fingerprint density at radius 2 is 2.09 bits per heavy atom. The molecule has 35 heavy (non-hydrogen) atoms. The lowest BCUT2D eigenvalue weighted by molar-refractivity contribution is 0.335. The zero-order valence-corrected chi connectivity index (χ0v) is 21.6. The van der Waals surface area contributed by atoms with Gasteiger partial charge in [-0.3, -0.25) is 10.4 Å². The van der Waals surface area contributed by atoms with E-state index in [4.69, 9.17) is 10.5 Å². The highest BCUT2D eigenvalue weighted by molar-refractivity contribution is 9.11. The fraction of sp³-hybridized carbons (Fsp3) is 0.214. The summed E-state index contributed by atoms with van der Waals surface area (Å²) >= 11 is 3.55. The van der Waals surface area contributed by atoms with Gasteiger partial charge in [0.05, 0.1) is 12.2 Å². The summed E-state index contributed by atoms with van der Waals surface area (Å²) < 4.78 is 7.10. The topological polar surface area (TPSA) is 84.0 Å². The summed E-state index contributed by atoms with van der Waals surface area (Å²) in [6.45, 7) is 4.58. The summed E-state index contributed by atoms with van der Waals surface area (Å²) in [5, 5.41) is 7.25. The van der Waals surface area contributed by atoms with E-state index in [1.165, 1.54) is 0 Å². The van der Waals surface area contributed by atoms with Crippen LogP contribution in [0, 0.1) is 0 Å². The molecule has 0 saturated heterocycles. The predicted octanol–water partition coefficient (Wildman–Crippen LogP) is 5.37. The van der Waals surface area contributed by atoms with Gasteiger partial charge in [-0.1, -0.05) is 46.3 Å². The summed E-state index contributed by atoms with van der Waals surface area (Å²) in [5.74, 6) is 1.61. The Morgan fingerprint density at radius 3 is 2.89 bits per heavy atom. The third kappa shape index (κ3) is 8.09. The molecular weight excluding hydrogens is 502 g/mol. The molecule has 0 aromatic carbocycles. The zero-order chi connectivity index (χ0) is 24.9. The first kappa shape index (κ1) is 26.2. The number of hydrazone groups is 1. The number of nitrogens with two attached hydrogens (primary N) is 1. The van der Waals surface area contributed by atoms with Gasteiger partial charge in [0.15, 0.2) is 0 Å². The van der Waals surface area contributed by atoms with Gasteiger partial charge in [0.25, 0.3) is 0 Å². The van der Waals surface area contributed by atoms with Crippen LogP contribution in [-0.2, 0) is 4.74 Å². The van der Waals surface area contributed by atoms with Crippen molar-refractivity contribution in [3.05, 3.63) is 117 Å². The van der Waals surface area contributed by atoms with Crippen LogP contribution >= 0.6 is 15.9 Å². The second kappa shape index (κ2) is 14.1. The van der Waals surface area contributed by atoms with E-state index in [9.17, 15) is 0 Å². The van der Waals surface area contributed by atoms with Crippen LogP contribution in [0.4, 0.5) is 0 Å². The number of aliphatic imine (C=N–C) groups is 1. The minimum atomic E-state index is 0.313. The molecule has 1 aliphatic heterocycles. The zero-order valence-electron chi connectivity index (χ0n) is 20.0. The van der Waals surface area contributed by atoms with Crippen LogP contribution in [0.5, 0.6) is 0 Å². The van der Waals surface area contributed by atoms with Crippen molar-refractivity contribution >= 4 is 28.9 Å². The summed E-state index contributed by atoms with van der Waals surface area (Å²) in [5.41, 5.74) is 14.0. The molecule has 182 valence electrons. The van der Waals surface area contributed by atoms with Crippen molar-refractivity contribution in [2.45, 2.75) is 19.3 Å². The Morgan fingerprint density at radius 1 is 1.20 bits per heavy atom. The lowest BCUT2D eigenvalue weighted by Crippen LogP contribution is -2.22. The van der Waals surface area contributed by atoms with Crippen LogP contribution in [0.1, 0.15) is 19.3 Å². The van der Waals surface area contributed by atoms with Gasteiger partial charge >= 0.3 is 0 Å². The van der Waals surface area contributed by atoms with E-state index < -0.39 is 0 Å². The maximum Gasteiger partial charge on any atom is 0.127 e. The van der Waals surface area contributed by atoms with Crippen LogP contribution in [0.15, 0.2) is 127 Å². The number of hydrogen-bond donors (Lipinski definition) is 3. The van der Waals surface area contributed by atoms with Crippen molar-refractivity contribution in [3.63, 3.8) is 0 Å². The summed E-state index contributed by atoms with van der Waals surface area (Å²) in [7, 11) is 1.89. The van der Waals surface area contributed by atoms with Gasteiger partial charge in [-0.2, -0.15) is 5.10 Å². The van der Waals surface area contributed by atoms with E-state index in [2.05, 4.69) is 79.9 Å². The fourth-order valence-corrected chi connectivity index (χ4v) is 4.13. The third-order valence-corrected chi connectivity index (χ3v) is 5.91. The summed E-state index contributed by atoms with van der Waals surface area (Å²) in [6.07, 6.45) is 28.7. The van der Waals surface area contributed by atoms with Crippen LogP contribution in [0.25, 0.3) is 0 Å². The van der Waals surface area contributed by atoms with Crippen molar-refractivity contribution in [1.82, 2.24) is 10.7 Å². The van der Waals surface area contributed by atoms with E-state index in [1.807, 2.05) is 49.7 Å². The van der Waals surface area contributed by atoms with Gasteiger partial charge in [-0.25, -0.2) is 0 Å². The molecule has 0 fully saturated rings. The highest BCUT2D eigenvalue weighted by atomic mass is 79.9. The number of rotatable bonds is 10. The van der Waals surface area contributed by atoms with E-state index in [1.54, 1.807) is 0 Å². The molecule has 1 heterocycles. The molecular formula is C28H32BrN5O. The largest absolute Gasteiger partial charge is 0.458 e. The molecule has 4 N–H and O–H groups in total. The smallest absolute Gasteiger partial charge is 0.127 e. The van der Waals surface area contributed by atoms with E-state index in [-0.39, 0.29) is 0 Å². The molecule has 6 nitrogen and oxygen atoms in total. The molecule has 0 radical (unpaired) electrons. The second-order valence-electron chi connectivity index (χ2n) is 7.77. The minimum Gasteiger partial charge on any atom is -0.458 e. The average Bonchev–Trinajstić information content (AvgIpc) is 3.34. The Kier molecular flexibility index (Phi) is 10.5. The van der Waals surface area contributed by atoms with E-state index >= 15 is 0 Å². The first-order valence-electron chi connectivity index (χ1n) is 11.5. The van der Waals surface area contributed by atoms with Gasteiger partial charge < -0.3 is 15.8 Å². The maximum atomic E-state index is 6.24. The number of likely N-dealkylation sites (N-methyl/N-ethyl adjacent to an activating group) is 1. The molecule has 3 rings (SSSR count). The number of ether oxygens (including phenoxy) is 1. The van der Waals surface area contributed by atoms with Crippen LogP contribution in [-0.4, -0.2) is 33.1 Å². The summed E-state index contributed by atoms with van der Waals surface area (Å²) in [4.78, 5) is 4.40. The van der Waals surface area contributed by atoms with Crippen LogP contribution in [0.2, 0.25) is 0 Å². The quantitative estimate of drug-likeness (QED) is 0.200. The van der Waals surface area contributed by atoms with E-state index in [0.717, 1.165) is 57.0 Å². The summed E-state index contributed by atoms with van der Waals surface area (Å²) in [6, 6.07) is 0. The molecule has 7 heteroatoms. The number of hydrogen-bond acceptors (Lipinski definition) is 6. The molecule has 0 aromatic rings. The van der Waals surface area contributed by atoms with Crippen molar-refractivity contribution in [2.24, 2.45) is 15.8 Å². The Labute approximate surface area is 216 Å². The standard InChI is InChI=1S/C28H32BrN5O/c1-31-28(22-8-7-11-25(14-13-22)35-24-9-5-3-4-6-10-24)26(19-30)27(34-32-2)15-12-21-18-23(29)16-17-33-20-21/h3,5-6,8-11,13-16,18,20,31,34H,2,4,7,12,17,19,30H2,1H3/b27-15+,28-26-. The molecule has 0 bridgehead atoms. The molecule has 0 aromatic heterocycles. The second-order valence-corrected chi connectivity index (χ2v) is 8.69. The van der Waals surface area contributed by atoms with Crippen LogP contribution < -0.4 is 16.5 Å². The molecule has 0 atom stereocenters. The third-order valence-electron chi connectivity index (χ3n) is 5.35. The van der Waals surface area contributed by atoms with Gasteiger partial charge in [0.2, 0.25) is 0 Å². The van der Waals surface area contributed by atoms with Crippen molar-refractivity contribution in [1.29, 1.82) is 0 Å². The molecule has 0 unspecified atom stereocenters. The molecule has 0 spiro atoms. The van der Waals surface area contributed by atoms with Gasteiger partial charge in [-0.05, 0) is 72.9 Å². The Hall–Kier alpha value is -3.42. The lowest BCUT2D eigenvalue weighted by Gasteiger charge is -2.18. The van der Waals surface area contributed by atoms with Gasteiger partial charge in [0.1, 0.15) is 11.5 Å². The highest BCUT2D eigenvalue weighted by Crippen LogP contribution is 2.24. The number of allylic oxidation sites excluding steroid dienone is 13. The molecule has 2 aliphatic carbocycles. The maximum absolute atomic E-state index is 6.24. The highest BCUT2D eigenvalue weighted by Gasteiger charge is 2.14. The monoisotopic (exact) mass is 533 g/mol. The number of nitrogens with one attached hydrogen (secondary N) is 2. The normalized spacial score (nSPS) is 18.6. The minimum absolute atomic E-state index is 0.313. The van der Waals surface area contributed by atoms with Crippen LogP contribution in [0.3, 0.4) is 0 Å². The van der Waals surface area contributed by atoms with Crippen molar-refractivity contribution in [2.75, 3.05) is 20.1 Å². The average molecular weight is 535 g/mol. The SMILES string of the molecule is C=NNC(=C/CC1=CC(Br)=CCN=C1)/C(CN)=C(\NC)C1=CCC=C(OC2=CC=CCC=C2)C=C1. The van der Waals surface area contributed by atoms with Crippen molar-refractivity contribution < 1.29 is 4.74 Å². The molecule has 0 amide bonds. The number of halogens is 1. The lowest BCUT2D eigenvalue weighted by atomic mass is 10.0. The number of nitrogens with zero attached hydrogens (tertiary/aromatic N) is 2. The van der Waals surface area contributed by atoms with E-state index in [0.29, 0.717) is 19.5 Å².